The fourth-order valence-electron chi connectivity index (χ4n) is 0.769. The first-order chi connectivity index (χ1) is 3.43. The first kappa shape index (κ1) is 11.2. The minimum Gasteiger partial charge on any atom is -0.269 e. The van der Waals surface area contributed by atoms with Crippen LogP contribution in [0.4, 0.5) is 9.41 Å². The van der Waals surface area contributed by atoms with Crippen LogP contribution in [0.25, 0.3) is 0 Å². The summed E-state index contributed by atoms with van der Waals surface area (Å²) in [4.78, 5) is 0. The Balaban J connectivity index is 0. The second-order valence-electron chi connectivity index (χ2n) is 1.77. The second kappa shape index (κ2) is 5.48. The molecule has 9 heavy (non-hydrogen) atoms. The Labute approximate surface area is 54.0 Å². The quantitative estimate of drug-likeness (QED) is 0.517. The number of halogens is 2. The zero-order valence-electron chi connectivity index (χ0n) is 5.46. The SMILES string of the molecule is CCC1=CCC=C1.F.F. The zero-order chi connectivity index (χ0) is 5.11. The smallest absolute Gasteiger partial charge is 0.0160 e. The van der Waals surface area contributed by atoms with Crippen molar-refractivity contribution < 1.29 is 9.41 Å². The fourth-order valence-corrected chi connectivity index (χ4v) is 0.769. The Morgan fingerprint density at radius 3 is 2.33 bits per heavy atom. The van der Waals surface area contributed by atoms with Crippen LogP contribution in [0.15, 0.2) is 23.8 Å². The molecule has 0 fully saturated rings. The van der Waals surface area contributed by atoms with Gasteiger partial charge in [-0.15, -0.1) is 0 Å². The van der Waals surface area contributed by atoms with E-state index in [1.165, 1.54) is 12.0 Å². The van der Waals surface area contributed by atoms with Crippen molar-refractivity contribution in [1.29, 1.82) is 0 Å². The predicted octanol–water partition coefficient (Wildman–Crippen LogP) is 2.59. The molecule has 54 valence electrons. The third kappa shape index (κ3) is 3.01. The van der Waals surface area contributed by atoms with Gasteiger partial charge >= 0.3 is 0 Å². The van der Waals surface area contributed by atoms with E-state index in [-0.39, 0.29) is 9.41 Å². The molecule has 0 aromatic rings. The molecule has 0 nitrogen and oxygen atoms in total. The number of hydrogen-bond acceptors (Lipinski definition) is 0. The van der Waals surface area contributed by atoms with E-state index >= 15 is 0 Å². The van der Waals surface area contributed by atoms with E-state index in [9.17, 15) is 0 Å². The first-order valence-corrected chi connectivity index (χ1v) is 2.79. The minimum absolute atomic E-state index is 0. The number of rotatable bonds is 1. The lowest BCUT2D eigenvalue weighted by Crippen LogP contribution is -1.64. The Kier molecular flexibility index (Phi) is 6.80. The maximum Gasteiger partial charge on any atom is -0.0160 e. The van der Waals surface area contributed by atoms with Crippen LogP contribution in [-0.2, 0) is 0 Å². The Morgan fingerprint density at radius 1 is 1.44 bits per heavy atom. The molecule has 0 aromatic carbocycles. The van der Waals surface area contributed by atoms with Crippen LogP contribution < -0.4 is 0 Å². The normalized spacial score (nSPS) is 13.7. The van der Waals surface area contributed by atoms with Gasteiger partial charge in [0, 0.05) is 0 Å². The highest BCUT2D eigenvalue weighted by Crippen LogP contribution is 2.10. The van der Waals surface area contributed by atoms with Gasteiger partial charge in [0.25, 0.3) is 0 Å². The zero-order valence-corrected chi connectivity index (χ0v) is 5.46. The lowest BCUT2D eigenvalue weighted by molar-refractivity contribution is 1.11. The molecular weight excluding hydrogens is 122 g/mol. The van der Waals surface area contributed by atoms with E-state index in [0.29, 0.717) is 0 Å². The van der Waals surface area contributed by atoms with Gasteiger partial charge in [-0.2, -0.15) is 0 Å². The van der Waals surface area contributed by atoms with Crippen molar-refractivity contribution in [2.24, 2.45) is 0 Å². The average molecular weight is 134 g/mol. The summed E-state index contributed by atoms with van der Waals surface area (Å²) in [6, 6.07) is 0. The van der Waals surface area contributed by atoms with Gasteiger partial charge in [0.15, 0.2) is 0 Å². The minimum atomic E-state index is 0. The van der Waals surface area contributed by atoms with Crippen molar-refractivity contribution in [2.75, 3.05) is 0 Å². The second-order valence-corrected chi connectivity index (χ2v) is 1.77. The summed E-state index contributed by atoms with van der Waals surface area (Å²) < 4.78 is 0. The highest BCUT2D eigenvalue weighted by molar-refractivity contribution is 5.25. The van der Waals surface area contributed by atoms with E-state index in [2.05, 4.69) is 25.2 Å². The summed E-state index contributed by atoms with van der Waals surface area (Å²) in [6.07, 6.45) is 9.00. The maximum absolute atomic E-state index is 2.26. The lowest BCUT2D eigenvalue weighted by Gasteiger charge is -1.84. The summed E-state index contributed by atoms with van der Waals surface area (Å²) in [5, 5.41) is 0. The molecule has 0 atom stereocenters. The molecule has 0 N–H and O–H groups in total. The van der Waals surface area contributed by atoms with Gasteiger partial charge in [-0.05, 0) is 12.8 Å². The molecule has 0 aliphatic heterocycles. The monoisotopic (exact) mass is 134 g/mol. The van der Waals surface area contributed by atoms with Gasteiger partial charge in [-0.25, -0.2) is 0 Å². The Morgan fingerprint density at radius 2 is 2.11 bits per heavy atom. The molecular formula is C7H12F2. The van der Waals surface area contributed by atoms with Crippen LogP contribution in [0, 0.1) is 0 Å². The van der Waals surface area contributed by atoms with E-state index in [1.54, 1.807) is 0 Å². The van der Waals surface area contributed by atoms with Crippen LogP contribution in [0.2, 0.25) is 0 Å². The number of allylic oxidation sites excluding steroid dienone is 4. The van der Waals surface area contributed by atoms with Gasteiger partial charge in [-0.1, -0.05) is 30.7 Å². The van der Waals surface area contributed by atoms with Gasteiger partial charge in [0.2, 0.25) is 0 Å². The van der Waals surface area contributed by atoms with Crippen molar-refractivity contribution >= 4 is 0 Å². The van der Waals surface area contributed by atoms with Crippen molar-refractivity contribution in [3.05, 3.63) is 23.8 Å². The van der Waals surface area contributed by atoms with Crippen LogP contribution in [0.1, 0.15) is 19.8 Å². The van der Waals surface area contributed by atoms with E-state index in [1.807, 2.05) is 0 Å². The molecule has 0 aromatic heterocycles. The summed E-state index contributed by atoms with van der Waals surface area (Å²) in [5.41, 5.74) is 1.49. The molecule has 1 rings (SSSR count). The van der Waals surface area contributed by atoms with E-state index in [0.717, 1.165) is 6.42 Å². The molecule has 0 unspecified atom stereocenters. The van der Waals surface area contributed by atoms with E-state index < -0.39 is 0 Å². The van der Waals surface area contributed by atoms with Crippen LogP contribution in [0.5, 0.6) is 0 Å². The van der Waals surface area contributed by atoms with Crippen molar-refractivity contribution in [3.63, 3.8) is 0 Å². The predicted molar refractivity (Wildman–Crippen MR) is 37.1 cm³/mol. The highest BCUT2D eigenvalue weighted by Gasteiger charge is 1.90. The van der Waals surface area contributed by atoms with Gasteiger partial charge in [-0.3, -0.25) is 9.41 Å². The molecule has 0 radical (unpaired) electrons. The third-order valence-electron chi connectivity index (χ3n) is 1.26. The molecule has 2 heteroatoms. The maximum atomic E-state index is 2.26. The Hall–Kier alpha value is -0.660. The molecule has 0 spiro atoms. The van der Waals surface area contributed by atoms with Gasteiger partial charge < -0.3 is 0 Å². The molecule has 1 aliphatic carbocycles. The summed E-state index contributed by atoms with van der Waals surface area (Å²) in [5.74, 6) is 0. The first-order valence-electron chi connectivity index (χ1n) is 2.79. The van der Waals surface area contributed by atoms with Crippen LogP contribution in [-0.4, -0.2) is 0 Å². The Bertz CT molecular complexity index is 114. The largest absolute Gasteiger partial charge is 0.269 e. The van der Waals surface area contributed by atoms with Crippen LogP contribution >= 0.6 is 0 Å². The lowest BCUT2D eigenvalue weighted by atomic mass is 10.2. The molecule has 0 heterocycles. The average Bonchev–Trinajstić information content (AvgIpc) is 2.14. The summed E-state index contributed by atoms with van der Waals surface area (Å²) >= 11 is 0. The van der Waals surface area contributed by atoms with Crippen molar-refractivity contribution in [1.82, 2.24) is 0 Å². The highest BCUT2D eigenvalue weighted by atomic mass is 19.0. The van der Waals surface area contributed by atoms with Crippen molar-refractivity contribution in [2.45, 2.75) is 19.8 Å². The van der Waals surface area contributed by atoms with E-state index in [4.69, 9.17) is 0 Å². The molecule has 0 saturated carbocycles. The van der Waals surface area contributed by atoms with Crippen molar-refractivity contribution in [3.8, 4) is 0 Å². The summed E-state index contributed by atoms with van der Waals surface area (Å²) in [7, 11) is 0. The molecule has 0 amide bonds. The number of hydrogen-bond donors (Lipinski definition) is 0. The van der Waals surface area contributed by atoms with Gasteiger partial charge in [0.05, 0.1) is 0 Å². The summed E-state index contributed by atoms with van der Waals surface area (Å²) in [6.45, 7) is 2.18. The standard InChI is InChI=1S/C7H10.2FH/c1-2-7-5-3-4-6-7;;/h3,5-6H,2,4H2,1H3;2*1H. The molecule has 0 saturated heterocycles. The topological polar surface area (TPSA) is 0 Å². The fraction of sp³-hybridized carbons (Fsp3) is 0.429. The third-order valence-corrected chi connectivity index (χ3v) is 1.26. The van der Waals surface area contributed by atoms with Gasteiger partial charge in [0.1, 0.15) is 0 Å². The molecule has 1 aliphatic rings. The van der Waals surface area contributed by atoms with Crippen LogP contribution in [0.3, 0.4) is 0 Å². The molecule has 0 bridgehead atoms.